The molecule has 1 aromatic rings. The molecule has 0 aromatic heterocycles. The number of benzene rings is 1. The maximum Gasteiger partial charge on any atom is 0.419 e. The number of aromatic hydroxyl groups is 1. The second kappa shape index (κ2) is 5.87. The fourth-order valence-corrected chi connectivity index (χ4v) is 3.18. The topological polar surface area (TPSA) is 23.5 Å². The van der Waals surface area contributed by atoms with Gasteiger partial charge >= 0.3 is 6.18 Å². The highest BCUT2D eigenvalue weighted by atomic mass is 19.4. The number of likely N-dealkylation sites (tertiary alicyclic amines) is 1. The molecule has 1 heterocycles. The minimum atomic E-state index is -4.52. The maximum absolute atomic E-state index is 12.8. The quantitative estimate of drug-likeness (QED) is 0.881. The van der Waals surface area contributed by atoms with Crippen LogP contribution in [0.1, 0.15) is 38.3 Å². The van der Waals surface area contributed by atoms with Crippen molar-refractivity contribution in [1.82, 2.24) is 4.90 Å². The van der Waals surface area contributed by atoms with E-state index in [1.165, 1.54) is 0 Å². The standard InChI is InChI=1S/C16H22F3NO/c1-10-6-11(2)12(3)20(8-10)9-13-4-5-15(21)14(7-13)16(17,18)19/h4-5,7,10-12,21H,6,8-9H2,1-3H3. The zero-order chi connectivity index (χ0) is 15.8. The fraction of sp³-hybridized carbons (Fsp3) is 0.625. The number of halogens is 3. The molecule has 0 radical (unpaired) electrons. The van der Waals surface area contributed by atoms with Crippen molar-refractivity contribution in [1.29, 1.82) is 0 Å². The van der Waals surface area contributed by atoms with E-state index in [0.29, 0.717) is 30.0 Å². The van der Waals surface area contributed by atoms with E-state index in [0.717, 1.165) is 25.1 Å². The number of hydrogen-bond donors (Lipinski definition) is 1. The van der Waals surface area contributed by atoms with Crippen LogP contribution in [-0.4, -0.2) is 22.6 Å². The molecule has 0 spiro atoms. The summed E-state index contributed by atoms with van der Waals surface area (Å²) in [6, 6.07) is 4.12. The average Bonchev–Trinajstić information content (AvgIpc) is 2.36. The number of nitrogens with zero attached hydrogens (tertiary/aromatic N) is 1. The Balaban J connectivity index is 2.20. The van der Waals surface area contributed by atoms with Crippen molar-refractivity contribution in [3.8, 4) is 5.75 Å². The largest absolute Gasteiger partial charge is 0.507 e. The van der Waals surface area contributed by atoms with Crippen LogP contribution in [0.3, 0.4) is 0 Å². The van der Waals surface area contributed by atoms with Crippen LogP contribution in [0.25, 0.3) is 0 Å². The van der Waals surface area contributed by atoms with Crippen molar-refractivity contribution in [2.75, 3.05) is 6.54 Å². The lowest BCUT2D eigenvalue weighted by atomic mass is 9.85. The molecular formula is C16H22F3NO. The van der Waals surface area contributed by atoms with Gasteiger partial charge in [0.15, 0.2) is 0 Å². The molecule has 1 fully saturated rings. The lowest BCUT2D eigenvalue weighted by Crippen LogP contribution is -2.45. The van der Waals surface area contributed by atoms with Gasteiger partial charge in [0.2, 0.25) is 0 Å². The van der Waals surface area contributed by atoms with Crippen molar-refractivity contribution in [3.63, 3.8) is 0 Å². The van der Waals surface area contributed by atoms with E-state index in [9.17, 15) is 18.3 Å². The number of alkyl halides is 3. The molecule has 1 aliphatic heterocycles. The van der Waals surface area contributed by atoms with E-state index < -0.39 is 17.5 Å². The first-order valence-electron chi connectivity index (χ1n) is 7.31. The molecule has 0 aliphatic carbocycles. The Morgan fingerprint density at radius 1 is 1.24 bits per heavy atom. The van der Waals surface area contributed by atoms with E-state index in [-0.39, 0.29) is 0 Å². The predicted octanol–water partition coefficient (Wildman–Crippen LogP) is 4.28. The van der Waals surface area contributed by atoms with Crippen LogP contribution in [0.5, 0.6) is 5.75 Å². The van der Waals surface area contributed by atoms with Gasteiger partial charge in [-0.1, -0.05) is 19.9 Å². The van der Waals surface area contributed by atoms with E-state index >= 15 is 0 Å². The number of piperidine rings is 1. The highest BCUT2D eigenvalue weighted by Crippen LogP contribution is 2.36. The van der Waals surface area contributed by atoms with Gasteiger partial charge in [0.1, 0.15) is 5.75 Å². The highest BCUT2D eigenvalue weighted by Gasteiger charge is 2.34. The summed E-state index contributed by atoms with van der Waals surface area (Å²) in [5.74, 6) is 0.378. The first-order valence-corrected chi connectivity index (χ1v) is 7.31. The van der Waals surface area contributed by atoms with Crippen LogP contribution in [0, 0.1) is 11.8 Å². The van der Waals surface area contributed by atoms with Crippen molar-refractivity contribution in [2.24, 2.45) is 11.8 Å². The molecule has 1 N–H and O–H groups in total. The van der Waals surface area contributed by atoms with E-state index in [4.69, 9.17) is 0 Å². The Labute approximate surface area is 123 Å². The summed E-state index contributed by atoms with van der Waals surface area (Å²) < 4.78 is 38.5. The molecule has 1 aromatic carbocycles. The van der Waals surface area contributed by atoms with Gasteiger partial charge in [-0.05, 0) is 42.9 Å². The summed E-state index contributed by atoms with van der Waals surface area (Å²) in [7, 11) is 0. The van der Waals surface area contributed by atoms with Gasteiger partial charge in [-0.25, -0.2) is 0 Å². The number of phenolic OH excluding ortho intramolecular Hbond substituents is 1. The summed E-state index contributed by atoms with van der Waals surface area (Å²) in [5.41, 5.74) is -0.362. The normalized spacial score (nSPS) is 27.8. The Hall–Kier alpha value is -1.23. The van der Waals surface area contributed by atoms with Gasteiger partial charge in [0.05, 0.1) is 5.56 Å². The number of rotatable bonds is 2. The third kappa shape index (κ3) is 3.70. The van der Waals surface area contributed by atoms with Gasteiger partial charge in [-0.15, -0.1) is 0 Å². The third-order valence-corrected chi connectivity index (χ3v) is 4.47. The Bertz CT molecular complexity index is 501. The second-order valence-electron chi connectivity index (χ2n) is 6.34. The smallest absolute Gasteiger partial charge is 0.419 e. The number of hydrogen-bond acceptors (Lipinski definition) is 2. The van der Waals surface area contributed by atoms with Gasteiger partial charge < -0.3 is 5.11 Å². The molecule has 3 atom stereocenters. The Morgan fingerprint density at radius 2 is 1.90 bits per heavy atom. The molecule has 21 heavy (non-hydrogen) atoms. The SMILES string of the molecule is CC1CC(C)C(C)N(Cc2ccc(O)c(C(F)(F)F)c2)C1. The zero-order valence-electron chi connectivity index (χ0n) is 12.6. The van der Waals surface area contributed by atoms with Crippen molar-refractivity contribution >= 4 is 0 Å². The first kappa shape index (κ1) is 16.1. The van der Waals surface area contributed by atoms with Crippen molar-refractivity contribution in [3.05, 3.63) is 29.3 Å². The first-order chi connectivity index (χ1) is 9.68. The van der Waals surface area contributed by atoms with Crippen LogP contribution in [0.2, 0.25) is 0 Å². The fourth-order valence-electron chi connectivity index (χ4n) is 3.18. The second-order valence-corrected chi connectivity index (χ2v) is 6.34. The Morgan fingerprint density at radius 3 is 2.52 bits per heavy atom. The van der Waals surface area contributed by atoms with Crippen molar-refractivity contribution < 1.29 is 18.3 Å². The van der Waals surface area contributed by atoms with Gasteiger partial charge in [0.25, 0.3) is 0 Å². The van der Waals surface area contributed by atoms with Gasteiger partial charge in [0, 0.05) is 19.1 Å². The highest BCUT2D eigenvalue weighted by molar-refractivity contribution is 5.38. The summed E-state index contributed by atoms with van der Waals surface area (Å²) in [6.07, 6.45) is -3.37. The summed E-state index contributed by atoms with van der Waals surface area (Å²) in [6.45, 7) is 7.87. The molecule has 0 saturated carbocycles. The van der Waals surface area contributed by atoms with E-state index in [2.05, 4.69) is 25.7 Å². The summed E-state index contributed by atoms with van der Waals surface area (Å²) >= 11 is 0. The van der Waals surface area contributed by atoms with Gasteiger partial charge in [-0.2, -0.15) is 13.2 Å². The molecule has 0 amide bonds. The molecular weight excluding hydrogens is 279 g/mol. The molecule has 1 aliphatic rings. The Kier molecular flexibility index (Phi) is 4.51. The van der Waals surface area contributed by atoms with Gasteiger partial charge in [-0.3, -0.25) is 4.90 Å². The summed E-state index contributed by atoms with van der Waals surface area (Å²) in [5, 5.41) is 9.38. The minimum Gasteiger partial charge on any atom is -0.507 e. The van der Waals surface area contributed by atoms with Crippen molar-refractivity contribution in [2.45, 2.75) is 46.0 Å². The molecule has 5 heteroatoms. The van der Waals surface area contributed by atoms with Crippen LogP contribution in [0.4, 0.5) is 13.2 Å². The van der Waals surface area contributed by atoms with E-state index in [1.54, 1.807) is 6.07 Å². The average molecular weight is 301 g/mol. The predicted molar refractivity (Wildman–Crippen MR) is 75.9 cm³/mol. The van der Waals surface area contributed by atoms with Crippen LogP contribution < -0.4 is 0 Å². The molecule has 118 valence electrons. The minimum absolute atomic E-state index is 0.351. The molecule has 3 unspecified atom stereocenters. The van der Waals surface area contributed by atoms with Crippen LogP contribution in [0.15, 0.2) is 18.2 Å². The zero-order valence-corrected chi connectivity index (χ0v) is 12.6. The van der Waals surface area contributed by atoms with Crippen LogP contribution in [-0.2, 0) is 12.7 Å². The van der Waals surface area contributed by atoms with Crippen LogP contribution >= 0.6 is 0 Å². The monoisotopic (exact) mass is 301 g/mol. The number of phenols is 1. The third-order valence-electron chi connectivity index (χ3n) is 4.47. The molecule has 1 saturated heterocycles. The molecule has 0 bridgehead atoms. The molecule has 2 nitrogen and oxygen atoms in total. The lowest BCUT2D eigenvalue weighted by Gasteiger charge is -2.41. The molecule has 2 rings (SSSR count). The maximum atomic E-state index is 12.8. The van der Waals surface area contributed by atoms with E-state index in [1.807, 2.05) is 0 Å². The summed E-state index contributed by atoms with van der Waals surface area (Å²) in [4.78, 5) is 2.23. The lowest BCUT2D eigenvalue weighted by molar-refractivity contribution is -0.138.